The minimum atomic E-state index is 0.177. The standard InChI is InChI=1S/C9H13N/c1-8-4-6-10-7-5-9(8,2)3/h4-7H,1-3H3. The second-order valence-electron chi connectivity index (χ2n) is 3.19. The molecule has 54 valence electrons. The Morgan fingerprint density at radius 1 is 1.40 bits per heavy atom. The molecule has 0 aromatic heterocycles. The zero-order chi connectivity index (χ0) is 7.61. The molecular weight excluding hydrogens is 122 g/mol. The topological polar surface area (TPSA) is 12.4 Å². The van der Waals surface area contributed by atoms with Crippen LogP contribution < -0.4 is 0 Å². The summed E-state index contributed by atoms with van der Waals surface area (Å²) in [5, 5.41) is 0. The Labute approximate surface area is 62.2 Å². The van der Waals surface area contributed by atoms with Gasteiger partial charge in [0.05, 0.1) is 0 Å². The molecule has 0 bridgehead atoms. The normalized spacial score (nSPS) is 22.1. The van der Waals surface area contributed by atoms with Crippen molar-refractivity contribution in [3.8, 4) is 0 Å². The van der Waals surface area contributed by atoms with Crippen LogP contribution in [-0.2, 0) is 0 Å². The van der Waals surface area contributed by atoms with Gasteiger partial charge < -0.3 is 0 Å². The molecular formula is C9H13N. The third kappa shape index (κ3) is 1.35. The Balaban J connectivity index is 2.97. The molecule has 0 aliphatic carbocycles. The van der Waals surface area contributed by atoms with Gasteiger partial charge in [0.1, 0.15) is 0 Å². The lowest BCUT2D eigenvalue weighted by molar-refractivity contribution is 0.581. The summed E-state index contributed by atoms with van der Waals surface area (Å²) in [7, 11) is 0. The fourth-order valence-corrected chi connectivity index (χ4v) is 0.780. The molecule has 1 aliphatic heterocycles. The van der Waals surface area contributed by atoms with E-state index in [1.165, 1.54) is 5.57 Å². The monoisotopic (exact) mass is 135 g/mol. The number of rotatable bonds is 0. The Hall–Kier alpha value is -0.850. The molecule has 0 amide bonds. The lowest BCUT2D eigenvalue weighted by Crippen LogP contribution is -2.07. The SMILES string of the molecule is CC1=CC=NC=CC1(C)C. The summed E-state index contributed by atoms with van der Waals surface area (Å²) in [5.74, 6) is 0. The molecule has 1 nitrogen and oxygen atoms in total. The van der Waals surface area contributed by atoms with Gasteiger partial charge >= 0.3 is 0 Å². The quantitative estimate of drug-likeness (QED) is 0.484. The average Bonchev–Trinajstić information content (AvgIpc) is 1.96. The molecule has 0 saturated carbocycles. The van der Waals surface area contributed by atoms with Crippen LogP contribution in [0.4, 0.5) is 0 Å². The van der Waals surface area contributed by atoms with Crippen LogP contribution in [0.1, 0.15) is 20.8 Å². The second-order valence-corrected chi connectivity index (χ2v) is 3.19. The molecule has 0 atom stereocenters. The summed E-state index contributed by atoms with van der Waals surface area (Å²) in [6.07, 6.45) is 7.86. The van der Waals surface area contributed by atoms with Crippen LogP contribution in [0, 0.1) is 5.41 Å². The first-order chi connectivity index (χ1) is 4.63. The Morgan fingerprint density at radius 2 is 2.10 bits per heavy atom. The molecule has 1 heterocycles. The van der Waals surface area contributed by atoms with Crippen LogP contribution in [0.2, 0.25) is 0 Å². The van der Waals surface area contributed by atoms with Gasteiger partial charge in [-0.1, -0.05) is 25.5 Å². The zero-order valence-corrected chi connectivity index (χ0v) is 6.76. The van der Waals surface area contributed by atoms with E-state index in [-0.39, 0.29) is 5.41 Å². The van der Waals surface area contributed by atoms with E-state index in [0.29, 0.717) is 0 Å². The Kier molecular flexibility index (Phi) is 1.75. The van der Waals surface area contributed by atoms with Crippen LogP contribution in [-0.4, -0.2) is 6.21 Å². The molecule has 1 aliphatic rings. The largest absolute Gasteiger partial charge is 0.265 e. The van der Waals surface area contributed by atoms with E-state index < -0.39 is 0 Å². The van der Waals surface area contributed by atoms with Crippen molar-refractivity contribution in [3.63, 3.8) is 0 Å². The maximum Gasteiger partial charge on any atom is 0.0267 e. The van der Waals surface area contributed by atoms with Crippen LogP contribution in [0.25, 0.3) is 0 Å². The molecule has 0 N–H and O–H groups in total. The molecule has 1 heteroatoms. The van der Waals surface area contributed by atoms with Crippen molar-refractivity contribution < 1.29 is 0 Å². The van der Waals surface area contributed by atoms with E-state index in [2.05, 4.69) is 37.9 Å². The van der Waals surface area contributed by atoms with Gasteiger partial charge in [-0.2, -0.15) is 0 Å². The lowest BCUT2D eigenvalue weighted by Gasteiger charge is -2.19. The van der Waals surface area contributed by atoms with Crippen molar-refractivity contribution in [1.29, 1.82) is 0 Å². The van der Waals surface area contributed by atoms with E-state index in [1.54, 1.807) is 0 Å². The zero-order valence-electron chi connectivity index (χ0n) is 6.76. The molecule has 0 aromatic rings. The van der Waals surface area contributed by atoms with E-state index in [9.17, 15) is 0 Å². The predicted molar refractivity (Wildman–Crippen MR) is 45.2 cm³/mol. The summed E-state index contributed by atoms with van der Waals surface area (Å²) in [5.41, 5.74) is 1.53. The van der Waals surface area contributed by atoms with Crippen LogP contribution in [0.5, 0.6) is 0 Å². The van der Waals surface area contributed by atoms with Gasteiger partial charge in [0.2, 0.25) is 0 Å². The molecule has 10 heavy (non-hydrogen) atoms. The van der Waals surface area contributed by atoms with Crippen LogP contribution >= 0.6 is 0 Å². The molecule has 1 rings (SSSR count). The number of aliphatic imine (C=N–C) groups is 1. The molecule has 0 spiro atoms. The van der Waals surface area contributed by atoms with E-state index in [4.69, 9.17) is 0 Å². The van der Waals surface area contributed by atoms with Gasteiger partial charge in [0.15, 0.2) is 0 Å². The van der Waals surface area contributed by atoms with Gasteiger partial charge in [-0.3, -0.25) is 4.99 Å². The summed E-state index contributed by atoms with van der Waals surface area (Å²) in [6, 6.07) is 0. The summed E-state index contributed by atoms with van der Waals surface area (Å²) >= 11 is 0. The second kappa shape index (κ2) is 2.41. The fraction of sp³-hybridized carbons (Fsp3) is 0.444. The maximum atomic E-state index is 4.03. The summed E-state index contributed by atoms with van der Waals surface area (Å²) in [4.78, 5) is 4.03. The van der Waals surface area contributed by atoms with Crippen molar-refractivity contribution in [1.82, 2.24) is 0 Å². The molecule has 0 saturated heterocycles. The Bertz CT molecular complexity index is 207. The van der Waals surface area contributed by atoms with Crippen molar-refractivity contribution in [2.24, 2.45) is 10.4 Å². The van der Waals surface area contributed by atoms with Crippen LogP contribution in [0.3, 0.4) is 0 Å². The third-order valence-electron chi connectivity index (χ3n) is 2.00. The third-order valence-corrected chi connectivity index (χ3v) is 2.00. The van der Waals surface area contributed by atoms with Crippen LogP contribution in [0.15, 0.2) is 28.9 Å². The summed E-state index contributed by atoms with van der Waals surface area (Å²) in [6.45, 7) is 6.50. The van der Waals surface area contributed by atoms with E-state index in [1.807, 2.05) is 12.4 Å². The van der Waals surface area contributed by atoms with Crippen molar-refractivity contribution >= 4 is 6.21 Å². The first-order valence-electron chi connectivity index (χ1n) is 3.51. The number of hydrogen-bond acceptors (Lipinski definition) is 1. The summed E-state index contributed by atoms with van der Waals surface area (Å²) < 4.78 is 0. The number of hydrogen-bond donors (Lipinski definition) is 0. The molecule has 0 unspecified atom stereocenters. The number of allylic oxidation sites excluding steroid dienone is 3. The minimum Gasteiger partial charge on any atom is -0.265 e. The number of nitrogens with zero attached hydrogens (tertiary/aromatic N) is 1. The highest BCUT2D eigenvalue weighted by Gasteiger charge is 2.15. The van der Waals surface area contributed by atoms with Crippen molar-refractivity contribution in [2.75, 3.05) is 0 Å². The van der Waals surface area contributed by atoms with Crippen molar-refractivity contribution in [2.45, 2.75) is 20.8 Å². The van der Waals surface area contributed by atoms with Gasteiger partial charge in [-0.15, -0.1) is 0 Å². The predicted octanol–water partition coefficient (Wildman–Crippen LogP) is 2.56. The fourth-order valence-electron chi connectivity index (χ4n) is 0.780. The lowest BCUT2D eigenvalue weighted by atomic mass is 9.85. The molecule has 0 aromatic carbocycles. The minimum absolute atomic E-state index is 0.177. The van der Waals surface area contributed by atoms with Gasteiger partial charge in [-0.25, -0.2) is 0 Å². The van der Waals surface area contributed by atoms with E-state index >= 15 is 0 Å². The first kappa shape index (κ1) is 7.26. The van der Waals surface area contributed by atoms with Gasteiger partial charge in [-0.05, 0) is 13.0 Å². The first-order valence-corrected chi connectivity index (χ1v) is 3.51. The maximum absolute atomic E-state index is 4.03. The highest BCUT2D eigenvalue weighted by molar-refractivity contribution is 5.73. The van der Waals surface area contributed by atoms with Gasteiger partial charge in [0, 0.05) is 17.8 Å². The van der Waals surface area contributed by atoms with Crippen molar-refractivity contribution in [3.05, 3.63) is 23.9 Å². The smallest absolute Gasteiger partial charge is 0.0267 e. The van der Waals surface area contributed by atoms with E-state index in [0.717, 1.165) is 0 Å². The highest BCUT2D eigenvalue weighted by Crippen LogP contribution is 2.27. The molecule has 0 fully saturated rings. The average molecular weight is 135 g/mol. The van der Waals surface area contributed by atoms with Gasteiger partial charge in [0.25, 0.3) is 0 Å². The molecule has 0 radical (unpaired) electrons. The highest BCUT2D eigenvalue weighted by atomic mass is 14.7. The Morgan fingerprint density at radius 3 is 2.80 bits per heavy atom.